The molecular formula is C20H17F2N5OS. The molecule has 0 atom stereocenters. The Bertz CT molecular complexity index is 1240. The summed E-state index contributed by atoms with van der Waals surface area (Å²) < 4.78 is 28.4. The van der Waals surface area contributed by atoms with E-state index in [1.165, 1.54) is 16.2 Å². The first kappa shape index (κ1) is 18.1. The van der Waals surface area contributed by atoms with E-state index >= 15 is 0 Å². The summed E-state index contributed by atoms with van der Waals surface area (Å²) in [7, 11) is 1.85. The predicted molar refractivity (Wildman–Crippen MR) is 107 cm³/mol. The number of piperidine rings is 1. The summed E-state index contributed by atoms with van der Waals surface area (Å²) in [6.07, 6.45) is 3.07. The maximum atomic E-state index is 13.4. The number of rotatable bonds is 2. The number of hydrogen-bond acceptors (Lipinski definition) is 5. The van der Waals surface area contributed by atoms with Crippen molar-refractivity contribution < 1.29 is 13.6 Å². The third-order valence-electron chi connectivity index (χ3n) is 5.15. The normalized spacial score (nSPS) is 16.6. The van der Waals surface area contributed by atoms with Gasteiger partial charge in [0.15, 0.2) is 5.65 Å². The number of amides is 1. The monoisotopic (exact) mass is 413 g/mol. The van der Waals surface area contributed by atoms with E-state index in [4.69, 9.17) is 4.98 Å². The third kappa shape index (κ3) is 3.35. The second-order valence-corrected chi connectivity index (χ2v) is 8.32. The Kier molecular flexibility index (Phi) is 4.09. The molecule has 148 valence electrons. The SMILES string of the molecule is Cn1cc2cc(-c3ccc4cc(C(=O)N5CCC(F)(F)CC5)sc4n3)cnc2n1. The van der Waals surface area contributed by atoms with Crippen LogP contribution in [0.15, 0.2) is 36.7 Å². The topological polar surface area (TPSA) is 63.9 Å². The molecule has 9 heteroatoms. The number of carbonyl (C=O) groups excluding carboxylic acids is 1. The first-order valence-corrected chi connectivity index (χ1v) is 10.1. The van der Waals surface area contributed by atoms with Gasteiger partial charge in [0.25, 0.3) is 11.8 Å². The van der Waals surface area contributed by atoms with Gasteiger partial charge >= 0.3 is 0 Å². The Labute approximate surface area is 168 Å². The molecule has 0 saturated carbocycles. The fraction of sp³-hybridized carbons (Fsp3) is 0.300. The highest BCUT2D eigenvalue weighted by atomic mass is 32.1. The van der Waals surface area contributed by atoms with Gasteiger partial charge in [-0.3, -0.25) is 9.48 Å². The maximum Gasteiger partial charge on any atom is 0.264 e. The zero-order valence-corrected chi connectivity index (χ0v) is 16.4. The molecule has 0 aromatic carbocycles. The van der Waals surface area contributed by atoms with Gasteiger partial charge in [0.05, 0.1) is 10.6 Å². The van der Waals surface area contributed by atoms with Crippen LogP contribution in [0.25, 0.3) is 32.5 Å². The minimum absolute atomic E-state index is 0.0789. The van der Waals surface area contributed by atoms with Crippen LogP contribution in [0, 0.1) is 0 Å². The predicted octanol–water partition coefficient (Wildman–Crippen LogP) is 4.12. The van der Waals surface area contributed by atoms with Crippen molar-refractivity contribution in [3.8, 4) is 11.3 Å². The maximum absolute atomic E-state index is 13.4. The molecule has 0 unspecified atom stereocenters. The van der Waals surface area contributed by atoms with Gasteiger partial charge in [-0.05, 0) is 24.3 Å². The van der Waals surface area contributed by atoms with Gasteiger partial charge in [0.2, 0.25) is 0 Å². The molecule has 1 fully saturated rings. The van der Waals surface area contributed by atoms with E-state index in [0.29, 0.717) is 10.5 Å². The van der Waals surface area contributed by atoms with E-state index in [1.807, 2.05) is 31.4 Å². The van der Waals surface area contributed by atoms with Gasteiger partial charge in [-0.15, -0.1) is 11.3 Å². The lowest BCUT2D eigenvalue weighted by molar-refractivity contribution is -0.0493. The first-order chi connectivity index (χ1) is 13.9. The molecule has 0 aliphatic carbocycles. The molecule has 4 aromatic rings. The van der Waals surface area contributed by atoms with Crippen LogP contribution in [0.4, 0.5) is 8.78 Å². The fourth-order valence-electron chi connectivity index (χ4n) is 3.55. The van der Waals surface area contributed by atoms with Crippen molar-refractivity contribution in [2.24, 2.45) is 7.05 Å². The largest absolute Gasteiger partial charge is 0.338 e. The number of fused-ring (bicyclic) bond motifs is 2. The summed E-state index contributed by atoms with van der Waals surface area (Å²) in [5.74, 6) is -2.87. The first-order valence-electron chi connectivity index (χ1n) is 9.25. The van der Waals surface area contributed by atoms with Crippen LogP contribution in [-0.2, 0) is 7.05 Å². The summed E-state index contributed by atoms with van der Waals surface area (Å²) in [4.78, 5) is 24.6. The summed E-state index contributed by atoms with van der Waals surface area (Å²) in [5, 5.41) is 6.06. The number of likely N-dealkylation sites (tertiary alicyclic amines) is 1. The lowest BCUT2D eigenvalue weighted by Crippen LogP contribution is -2.42. The minimum atomic E-state index is -2.67. The number of alkyl halides is 2. The number of hydrogen-bond donors (Lipinski definition) is 0. The van der Waals surface area contributed by atoms with E-state index in [9.17, 15) is 13.6 Å². The van der Waals surface area contributed by atoms with Gasteiger partial charge in [0, 0.05) is 61.7 Å². The molecule has 0 radical (unpaired) electrons. The average molecular weight is 413 g/mol. The molecule has 4 aromatic heterocycles. The highest BCUT2D eigenvalue weighted by molar-refractivity contribution is 7.20. The zero-order valence-electron chi connectivity index (χ0n) is 15.6. The second-order valence-electron chi connectivity index (χ2n) is 7.29. The van der Waals surface area contributed by atoms with Crippen LogP contribution in [0.3, 0.4) is 0 Å². The number of aryl methyl sites for hydroxylation is 1. The van der Waals surface area contributed by atoms with Gasteiger partial charge in [-0.25, -0.2) is 18.7 Å². The Morgan fingerprint density at radius 1 is 1.17 bits per heavy atom. The van der Waals surface area contributed by atoms with Gasteiger partial charge < -0.3 is 4.90 Å². The zero-order chi connectivity index (χ0) is 20.2. The number of halogens is 2. The standard InChI is InChI=1S/C20H17F2N5OS/c1-26-11-14-8-13(10-23-17(14)25-26)15-3-2-12-9-16(29-18(12)24-15)19(28)27-6-4-20(21,22)5-7-27/h2-3,8-11H,4-7H2,1H3. The molecule has 5 heterocycles. The van der Waals surface area contributed by atoms with Crippen LogP contribution < -0.4 is 0 Å². The molecule has 0 bridgehead atoms. The van der Waals surface area contributed by atoms with Crippen molar-refractivity contribution >= 4 is 38.5 Å². The summed E-state index contributed by atoms with van der Waals surface area (Å²) in [6.45, 7) is 0.158. The van der Waals surface area contributed by atoms with E-state index in [2.05, 4.69) is 10.1 Å². The van der Waals surface area contributed by atoms with Crippen molar-refractivity contribution in [2.75, 3.05) is 13.1 Å². The second kappa shape index (κ2) is 6.55. The Balaban J connectivity index is 1.44. The quantitative estimate of drug-likeness (QED) is 0.496. The number of nitrogens with zero attached hydrogens (tertiary/aromatic N) is 5. The lowest BCUT2D eigenvalue weighted by atomic mass is 10.1. The van der Waals surface area contributed by atoms with Gasteiger partial charge in [-0.1, -0.05) is 0 Å². The summed E-state index contributed by atoms with van der Waals surface area (Å²) in [5.41, 5.74) is 2.30. The number of aromatic nitrogens is 4. The number of carbonyl (C=O) groups is 1. The molecule has 29 heavy (non-hydrogen) atoms. The Morgan fingerprint density at radius 3 is 2.76 bits per heavy atom. The van der Waals surface area contributed by atoms with E-state index < -0.39 is 5.92 Å². The fourth-order valence-corrected chi connectivity index (χ4v) is 4.55. The molecule has 1 amide bonds. The minimum Gasteiger partial charge on any atom is -0.338 e. The van der Waals surface area contributed by atoms with Crippen LogP contribution in [0.5, 0.6) is 0 Å². The highest BCUT2D eigenvalue weighted by Crippen LogP contribution is 2.32. The van der Waals surface area contributed by atoms with Crippen LogP contribution >= 0.6 is 11.3 Å². The van der Waals surface area contributed by atoms with Gasteiger partial charge in [0.1, 0.15) is 4.83 Å². The highest BCUT2D eigenvalue weighted by Gasteiger charge is 2.36. The molecule has 0 N–H and O–H groups in total. The Morgan fingerprint density at radius 2 is 1.97 bits per heavy atom. The van der Waals surface area contributed by atoms with E-state index in [-0.39, 0.29) is 31.8 Å². The molecule has 1 aliphatic heterocycles. The summed E-state index contributed by atoms with van der Waals surface area (Å²) in [6, 6.07) is 7.58. The van der Waals surface area contributed by atoms with Crippen molar-refractivity contribution in [1.29, 1.82) is 0 Å². The van der Waals surface area contributed by atoms with Crippen LogP contribution in [0.2, 0.25) is 0 Å². The van der Waals surface area contributed by atoms with Crippen LogP contribution in [-0.4, -0.2) is 49.6 Å². The van der Waals surface area contributed by atoms with Crippen LogP contribution in [0.1, 0.15) is 22.5 Å². The number of thiophene rings is 1. The average Bonchev–Trinajstić information content (AvgIpc) is 3.28. The molecule has 6 nitrogen and oxygen atoms in total. The number of pyridine rings is 2. The molecule has 1 aliphatic rings. The molecule has 5 rings (SSSR count). The Hall–Kier alpha value is -2.94. The molecular weight excluding hydrogens is 396 g/mol. The van der Waals surface area contributed by atoms with Crippen molar-refractivity contribution in [2.45, 2.75) is 18.8 Å². The van der Waals surface area contributed by atoms with Crippen molar-refractivity contribution in [1.82, 2.24) is 24.6 Å². The van der Waals surface area contributed by atoms with Crippen molar-refractivity contribution in [3.63, 3.8) is 0 Å². The third-order valence-corrected chi connectivity index (χ3v) is 6.18. The molecule has 0 spiro atoms. The molecule has 1 saturated heterocycles. The lowest BCUT2D eigenvalue weighted by Gasteiger charge is -2.31. The van der Waals surface area contributed by atoms with E-state index in [1.54, 1.807) is 16.9 Å². The van der Waals surface area contributed by atoms with E-state index in [0.717, 1.165) is 26.9 Å². The summed E-state index contributed by atoms with van der Waals surface area (Å²) >= 11 is 1.29. The van der Waals surface area contributed by atoms with Gasteiger partial charge in [-0.2, -0.15) is 5.10 Å². The van der Waals surface area contributed by atoms with Crippen molar-refractivity contribution in [3.05, 3.63) is 41.5 Å². The smallest absolute Gasteiger partial charge is 0.264 e.